The molecular formula is C80H156O17P2. The lowest BCUT2D eigenvalue weighted by molar-refractivity contribution is -0.161. The van der Waals surface area contributed by atoms with E-state index in [1.165, 1.54) is 212 Å². The number of carbonyl (C=O) groups is 4. The highest BCUT2D eigenvalue weighted by molar-refractivity contribution is 7.47. The van der Waals surface area contributed by atoms with Crippen molar-refractivity contribution >= 4 is 39.5 Å². The van der Waals surface area contributed by atoms with Crippen LogP contribution in [0, 0.1) is 23.7 Å². The summed E-state index contributed by atoms with van der Waals surface area (Å²) in [7, 11) is -9.92. The van der Waals surface area contributed by atoms with Crippen molar-refractivity contribution in [3.05, 3.63) is 0 Å². The Morgan fingerprint density at radius 1 is 0.283 bits per heavy atom. The highest BCUT2D eigenvalue weighted by Crippen LogP contribution is 2.45. The number of hydrogen-bond acceptors (Lipinski definition) is 15. The van der Waals surface area contributed by atoms with Crippen LogP contribution in [0.1, 0.15) is 409 Å². The van der Waals surface area contributed by atoms with E-state index in [1.54, 1.807) is 0 Å². The number of aliphatic hydroxyl groups excluding tert-OH is 1. The van der Waals surface area contributed by atoms with Crippen LogP contribution in [-0.4, -0.2) is 96.7 Å². The molecule has 0 bridgehead atoms. The maximum atomic E-state index is 13.1. The zero-order valence-corrected chi connectivity index (χ0v) is 66.9. The lowest BCUT2D eigenvalue weighted by atomic mass is 9.99. The molecule has 0 fully saturated rings. The summed E-state index contributed by atoms with van der Waals surface area (Å²) < 4.78 is 68.6. The first kappa shape index (κ1) is 97.1. The molecule has 0 aliphatic carbocycles. The lowest BCUT2D eigenvalue weighted by Crippen LogP contribution is -2.30. The van der Waals surface area contributed by atoms with Gasteiger partial charge in [-0.15, -0.1) is 0 Å². The third-order valence-corrected chi connectivity index (χ3v) is 20.8. The molecule has 0 aromatic carbocycles. The van der Waals surface area contributed by atoms with Crippen LogP contribution in [0.3, 0.4) is 0 Å². The van der Waals surface area contributed by atoms with Crippen molar-refractivity contribution < 1.29 is 80.2 Å². The Bertz CT molecular complexity index is 1940. The minimum absolute atomic E-state index is 0.101. The lowest BCUT2D eigenvalue weighted by Gasteiger charge is -2.21. The maximum Gasteiger partial charge on any atom is 0.472 e. The quantitative estimate of drug-likeness (QED) is 0.0222. The molecule has 0 amide bonds. The van der Waals surface area contributed by atoms with Crippen molar-refractivity contribution in [3.63, 3.8) is 0 Å². The number of esters is 4. The van der Waals surface area contributed by atoms with Gasteiger partial charge in [0.1, 0.15) is 19.3 Å². The summed E-state index contributed by atoms with van der Waals surface area (Å²) in [5.74, 6) is 0.943. The van der Waals surface area contributed by atoms with Gasteiger partial charge in [-0.2, -0.15) is 0 Å². The summed E-state index contributed by atoms with van der Waals surface area (Å²) in [6.07, 6.45) is 55.9. The van der Waals surface area contributed by atoms with Gasteiger partial charge in [-0.05, 0) is 49.4 Å². The largest absolute Gasteiger partial charge is 0.472 e. The molecule has 6 atom stereocenters. The predicted molar refractivity (Wildman–Crippen MR) is 404 cm³/mol. The molecule has 0 saturated carbocycles. The molecule has 0 spiro atoms. The average molecular weight is 1450 g/mol. The van der Waals surface area contributed by atoms with Gasteiger partial charge in [0.15, 0.2) is 12.2 Å². The molecule has 0 saturated heterocycles. The summed E-state index contributed by atoms with van der Waals surface area (Å²) in [4.78, 5) is 72.9. The van der Waals surface area contributed by atoms with E-state index in [1.807, 2.05) is 0 Å². The van der Waals surface area contributed by atoms with E-state index in [0.29, 0.717) is 31.6 Å². The minimum Gasteiger partial charge on any atom is -0.462 e. The zero-order valence-electron chi connectivity index (χ0n) is 65.1. The fraction of sp³-hybridized carbons (Fsp3) is 0.950. The van der Waals surface area contributed by atoms with E-state index in [-0.39, 0.29) is 25.7 Å². The third kappa shape index (κ3) is 72.8. The summed E-state index contributed by atoms with van der Waals surface area (Å²) in [6, 6.07) is 0. The van der Waals surface area contributed by atoms with Gasteiger partial charge in [0.05, 0.1) is 26.4 Å². The molecule has 0 heterocycles. The number of rotatable bonds is 77. The van der Waals surface area contributed by atoms with E-state index >= 15 is 0 Å². The van der Waals surface area contributed by atoms with Crippen molar-refractivity contribution in [1.82, 2.24) is 0 Å². The number of phosphoric acid groups is 2. The first-order valence-electron chi connectivity index (χ1n) is 41.2. The van der Waals surface area contributed by atoms with E-state index in [4.69, 9.17) is 37.0 Å². The number of unbranched alkanes of at least 4 members (excludes halogenated alkanes) is 42. The van der Waals surface area contributed by atoms with Gasteiger partial charge in [0.25, 0.3) is 0 Å². The summed E-state index contributed by atoms with van der Waals surface area (Å²) in [5, 5.41) is 10.6. The maximum absolute atomic E-state index is 13.1. The summed E-state index contributed by atoms with van der Waals surface area (Å²) in [5.41, 5.74) is 0. The van der Waals surface area contributed by atoms with Gasteiger partial charge < -0.3 is 33.8 Å². The van der Waals surface area contributed by atoms with Crippen LogP contribution in [-0.2, 0) is 65.4 Å². The molecule has 0 aromatic heterocycles. The molecule has 19 heteroatoms. The van der Waals surface area contributed by atoms with E-state index in [9.17, 15) is 43.2 Å². The second kappa shape index (κ2) is 69.1. The number of phosphoric ester groups is 2. The van der Waals surface area contributed by atoms with E-state index < -0.39 is 97.5 Å². The van der Waals surface area contributed by atoms with Crippen LogP contribution in [0.25, 0.3) is 0 Å². The number of hydrogen-bond donors (Lipinski definition) is 3. The highest BCUT2D eigenvalue weighted by atomic mass is 31.2. The molecule has 588 valence electrons. The Balaban J connectivity index is 5.17. The van der Waals surface area contributed by atoms with Gasteiger partial charge >= 0.3 is 39.5 Å². The van der Waals surface area contributed by atoms with E-state index in [0.717, 1.165) is 108 Å². The fourth-order valence-corrected chi connectivity index (χ4v) is 13.8. The Kier molecular flexibility index (Phi) is 67.8. The number of aliphatic hydroxyl groups is 1. The van der Waals surface area contributed by atoms with Crippen LogP contribution >= 0.6 is 15.6 Å². The highest BCUT2D eigenvalue weighted by Gasteiger charge is 2.30. The Labute approximate surface area is 607 Å². The molecule has 17 nitrogen and oxygen atoms in total. The second-order valence-electron chi connectivity index (χ2n) is 30.5. The van der Waals surface area contributed by atoms with Crippen molar-refractivity contribution in [2.24, 2.45) is 23.7 Å². The Morgan fingerprint density at radius 2 is 0.485 bits per heavy atom. The minimum atomic E-state index is -4.96. The molecule has 99 heavy (non-hydrogen) atoms. The summed E-state index contributed by atoms with van der Waals surface area (Å²) >= 11 is 0. The van der Waals surface area contributed by atoms with Crippen molar-refractivity contribution in [2.45, 2.75) is 427 Å². The molecule has 4 unspecified atom stereocenters. The molecule has 0 radical (unpaired) electrons. The van der Waals surface area contributed by atoms with Crippen molar-refractivity contribution in [3.8, 4) is 0 Å². The topological polar surface area (TPSA) is 237 Å². The van der Waals surface area contributed by atoms with Crippen LogP contribution < -0.4 is 0 Å². The van der Waals surface area contributed by atoms with Gasteiger partial charge in [-0.3, -0.25) is 37.3 Å². The SMILES string of the molecule is CCC(C)CCCCCCCCCCCCCCCCCCCCC(=O)OC[C@H](COP(=O)(O)OCC(O)COP(=O)(O)OC[C@@H](COC(=O)CCCCCCCCCCC(C)C)OC(=O)CCCCCCCCC(C)C)OC(=O)CCCCCCCCCCCCCCCCC(C)C. The fourth-order valence-electron chi connectivity index (χ4n) is 12.2. The van der Waals surface area contributed by atoms with Crippen LogP contribution in [0.5, 0.6) is 0 Å². The van der Waals surface area contributed by atoms with Crippen molar-refractivity contribution in [2.75, 3.05) is 39.6 Å². The van der Waals surface area contributed by atoms with Crippen LogP contribution in [0.15, 0.2) is 0 Å². The monoisotopic (exact) mass is 1450 g/mol. The third-order valence-electron chi connectivity index (χ3n) is 18.9. The molecule has 0 aromatic rings. The number of carbonyl (C=O) groups excluding carboxylic acids is 4. The predicted octanol–water partition coefficient (Wildman–Crippen LogP) is 23.6. The van der Waals surface area contributed by atoms with Gasteiger partial charge in [0.2, 0.25) is 0 Å². The van der Waals surface area contributed by atoms with E-state index in [2.05, 4.69) is 55.4 Å². The van der Waals surface area contributed by atoms with Gasteiger partial charge in [-0.1, -0.05) is 357 Å². The summed E-state index contributed by atoms with van der Waals surface area (Å²) in [6.45, 7) is 14.2. The number of ether oxygens (including phenoxy) is 4. The first-order chi connectivity index (χ1) is 47.6. The van der Waals surface area contributed by atoms with Gasteiger partial charge in [-0.25, -0.2) is 9.13 Å². The van der Waals surface area contributed by atoms with Crippen molar-refractivity contribution in [1.29, 1.82) is 0 Å². The smallest absolute Gasteiger partial charge is 0.462 e. The second-order valence-corrected chi connectivity index (χ2v) is 33.4. The molecule has 3 N–H and O–H groups in total. The zero-order chi connectivity index (χ0) is 73.1. The van der Waals surface area contributed by atoms with Gasteiger partial charge in [0, 0.05) is 25.7 Å². The molecule has 0 rings (SSSR count). The van der Waals surface area contributed by atoms with Crippen LogP contribution in [0.2, 0.25) is 0 Å². The molecule has 0 aliphatic rings. The standard InChI is InChI=1S/C80H156O17P2/c1-9-73(8)59-51-43-34-27-23-19-14-12-10-11-13-15-20-24-28-35-44-52-60-77(82)90-66-75(96-79(84)62-54-46-37-29-25-21-17-16-18-22-26-32-40-48-56-70(2)3)68-94-98(86,87)92-64-74(81)65-93-99(88,89)95-69-76(97-80(85)63-55-47-39-38-42-50-58-72(6)7)67-91-78(83)61-53-45-36-31-30-33-41-49-57-71(4)5/h70-76,81H,9-69H2,1-8H3,(H,86,87)(H,88,89)/t73?,74?,75-,76-/m1/s1. The molecule has 0 aliphatic heterocycles. The first-order valence-corrected chi connectivity index (χ1v) is 44.2. The Hall–Kier alpha value is -1.94. The average Bonchev–Trinajstić information content (AvgIpc) is 1.06. The normalized spacial score (nSPS) is 14.3. The Morgan fingerprint density at radius 3 is 0.717 bits per heavy atom. The molecular weight excluding hydrogens is 1290 g/mol. The van der Waals surface area contributed by atoms with Crippen LogP contribution in [0.4, 0.5) is 0 Å².